The van der Waals surface area contributed by atoms with E-state index in [2.05, 4.69) is 23.6 Å². The van der Waals surface area contributed by atoms with Crippen molar-refractivity contribution in [1.82, 2.24) is 19.6 Å². The summed E-state index contributed by atoms with van der Waals surface area (Å²) in [6, 6.07) is 0.878. The number of hydrogen-bond acceptors (Lipinski definition) is 4. The molecule has 25 heavy (non-hydrogen) atoms. The van der Waals surface area contributed by atoms with Crippen molar-refractivity contribution in [3.63, 3.8) is 0 Å². The Labute approximate surface area is 153 Å². The summed E-state index contributed by atoms with van der Waals surface area (Å²) in [7, 11) is 3.64. The van der Waals surface area contributed by atoms with Gasteiger partial charge in [0.25, 0.3) is 0 Å². The van der Waals surface area contributed by atoms with Gasteiger partial charge in [0.15, 0.2) is 0 Å². The molecule has 0 aromatic heterocycles. The standard InChI is InChI=1S/C19H36N4O2/c1-6-18(24)21-9-7-17(8-10-21)13-22-11-16(3)23(12-15(22)2)14-19(25)20(4)5/h15-17H,6-14H2,1-5H3/t15-,16+/m0/s1. The van der Waals surface area contributed by atoms with Gasteiger partial charge in [-0.25, -0.2) is 0 Å². The summed E-state index contributed by atoms with van der Waals surface area (Å²) in [5, 5.41) is 0. The van der Waals surface area contributed by atoms with E-state index in [0.29, 0.717) is 36.9 Å². The maximum atomic E-state index is 12.0. The minimum atomic E-state index is 0.181. The van der Waals surface area contributed by atoms with Crippen LogP contribution in [0.25, 0.3) is 0 Å². The topological polar surface area (TPSA) is 47.1 Å². The molecule has 2 heterocycles. The van der Waals surface area contributed by atoms with E-state index in [1.165, 1.54) is 0 Å². The molecule has 2 saturated heterocycles. The lowest BCUT2D eigenvalue weighted by atomic mass is 9.94. The molecule has 0 aromatic carbocycles. The van der Waals surface area contributed by atoms with Gasteiger partial charge in [0.05, 0.1) is 6.54 Å². The molecule has 0 unspecified atom stereocenters. The van der Waals surface area contributed by atoms with Crippen molar-refractivity contribution in [3.8, 4) is 0 Å². The number of rotatable bonds is 5. The Bertz CT molecular complexity index is 460. The molecule has 144 valence electrons. The smallest absolute Gasteiger partial charge is 0.236 e. The molecule has 2 fully saturated rings. The second-order valence-electron chi connectivity index (χ2n) is 8.05. The number of piperidine rings is 1. The lowest BCUT2D eigenvalue weighted by Gasteiger charge is -2.46. The summed E-state index contributed by atoms with van der Waals surface area (Å²) in [4.78, 5) is 32.4. The van der Waals surface area contributed by atoms with E-state index >= 15 is 0 Å². The number of nitrogens with zero attached hydrogens (tertiary/aromatic N) is 4. The molecule has 0 saturated carbocycles. The SMILES string of the molecule is CCC(=O)N1CCC(CN2C[C@@H](C)N(CC(=O)N(C)C)C[C@@H]2C)CC1. The van der Waals surface area contributed by atoms with Crippen LogP contribution in [0.3, 0.4) is 0 Å². The molecule has 2 rings (SSSR count). The zero-order valence-electron chi connectivity index (χ0n) is 16.7. The maximum Gasteiger partial charge on any atom is 0.236 e. The number of carbonyl (C=O) groups is 2. The van der Waals surface area contributed by atoms with Gasteiger partial charge in [-0.3, -0.25) is 19.4 Å². The number of likely N-dealkylation sites (N-methyl/N-ethyl adjacent to an activating group) is 1. The van der Waals surface area contributed by atoms with Crippen molar-refractivity contribution in [2.24, 2.45) is 5.92 Å². The monoisotopic (exact) mass is 352 g/mol. The van der Waals surface area contributed by atoms with Crippen molar-refractivity contribution in [2.75, 3.05) is 53.4 Å². The van der Waals surface area contributed by atoms with Crippen molar-refractivity contribution in [3.05, 3.63) is 0 Å². The summed E-state index contributed by atoms with van der Waals surface area (Å²) in [6.45, 7) is 11.9. The van der Waals surface area contributed by atoms with Crippen LogP contribution in [0.4, 0.5) is 0 Å². The highest BCUT2D eigenvalue weighted by molar-refractivity contribution is 5.77. The number of carbonyl (C=O) groups excluding carboxylic acids is 2. The highest BCUT2D eigenvalue weighted by Gasteiger charge is 2.32. The molecular formula is C19H36N4O2. The lowest BCUT2D eigenvalue weighted by Crippen LogP contribution is -2.59. The van der Waals surface area contributed by atoms with Gasteiger partial charge < -0.3 is 9.80 Å². The first-order chi connectivity index (χ1) is 11.8. The summed E-state index contributed by atoms with van der Waals surface area (Å²) in [6.07, 6.45) is 2.85. The lowest BCUT2D eigenvalue weighted by molar-refractivity contribution is -0.133. The highest BCUT2D eigenvalue weighted by Crippen LogP contribution is 2.23. The molecule has 2 aliphatic rings. The zero-order valence-corrected chi connectivity index (χ0v) is 16.7. The Morgan fingerprint density at radius 2 is 1.56 bits per heavy atom. The van der Waals surface area contributed by atoms with Crippen LogP contribution in [-0.4, -0.2) is 96.9 Å². The maximum absolute atomic E-state index is 12.0. The molecule has 6 heteroatoms. The third-order valence-electron chi connectivity index (χ3n) is 5.84. The normalized spacial score (nSPS) is 26.7. The summed E-state index contributed by atoms with van der Waals surface area (Å²) >= 11 is 0. The molecule has 2 aliphatic heterocycles. The Morgan fingerprint density at radius 1 is 1.00 bits per heavy atom. The predicted octanol–water partition coefficient (Wildman–Crippen LogP) is 1.12. The Morgan fingerprint density at radius 3 is 2.12 bits per heavy atom. The first-order valence-corrected chi connectivity index (χ1v) is 9.77. The second-order valence-corrected chi connectivity index (χ2v) is 8.05. The average Bonchev–Trinajstić information content (AvgIpc) is 2.59. The Hall–Kier alpha value is -1.14. The fraction of sp³-hybridized carbons (Fsp3) is 0.895. The van der Waals surface area contributed by atoms with E-state index in [-0.39, 0.29) is 5.91 Å². The van der Waals surface area contributed by atoms with Gasteiger partial charge in [0.2, 0.25) is 11.8 Å². The van der Waals surface area contributed by atoms with Crippen molar-refractivity contribution in [1.29, 1.82) is 0 Å². The van der Waals surface area contributed by atoms with Crippen LogP contribution in [0.15, 0.2) is 0 Å². The molecule has 0 N–H and O–H groups in total. The minimum absolute atomic E-state index is 0.181. The predicted molar refractivity (Wildman–Crippen MR) is 100 cm³/mol. The van der Waals surface area contributed by atoms with Gasteiger partial charge in [-0.05, 0) is 32.6 Å². The van der Waals surface area contributed by atoms with E-state index in [4.69, 9.17) is 0 Å². The van der Waals surface area contributed by atoms with E-state index < -0.39 is 0 Å². The van der Waals surface area contributed by atoms with Crippen LogP contribution in [0, 0.1) is 5.92 Å². The molecule has 0 radical (unpaired) electrons. The average molecular weight is 353 g/mol. The summed E-state index contributed by atoms with van der Waals surface area (Å²) in [5.41, 5.74) is 0. The first-order valence-electron chi connectivity index (χ1n) is 9.77. The summed E-state index contributed by atoms with van der Waals surface area (Å²) in [5.74, 6) is 1.16. The van der Waals surface area contributed by atoms with Crippen LogP contribution in [0.2, 0.25) is 0 Å². The molecule has 0 spiro atoms. The number of amides is 2. The fourth-order valence-corrected chi connectivity index (χ4v) is 3.98. The second kappa shape index (κ2) is 8.99. The van der Waals surface area contributed by atoms with Crippen molar-refractivity contribution in [2.45, 2.75) is 52.1 Å². The van der Waals surface area contributed by atoms with Crippen molar-refractivity contribution < 1.29 is 9.59 Å². The number of likely N-dealkylation sites (tertiary alicyclic amines) is 1. The van der Waals surface area contributed by atoms with E-state index in [1.54, 1.807) is 4.90 Å². The van der Waals surface area contributed by atoms with Crippen molar-refractivity contribution >= 4 is 11.8 Å². The van der Waals surface area contributed by atoms with E-state index in [0.717, 1.165) is 45.6 Å². The number of piperazine rings is 1. The summed E-state index contributed by atoms with van der Waals surface area (Å²) < 4.78 is 0. The van der Waals surface area contributed by atoms with Crippen LogP contribution >= 0.6 is 0 Å². The largest absolute Gasteiger partial charge is 0.348 e. The number of hydrogen-bond donors (Lipinski definition) is 0. The van der Waals surface area contributed by atoms with Crippen LogP contribution in [0.1, 0.15) is 40.0 Å². The zero-order chi connectivity index (χ0) is 18.6. The third kappa shape index (κ3) is 5.42. The van der Waals surface area contributed by atoms with E-state index in [1.807, 2.05) is 25.9 Å². The molecule has 0 aromatic rings. The highest BCUT2D eigenvalue weighted by atomic mass is 16.2. The first kappa shape index (κ1) is 20.2. The molecular weight excluding hydrogens is 316 g/mol. The van der Waals surface area contributed by atoms with Gasteiger partial charge in [-0.2, -0.15) is 0 Å². The molecule has 2 amide bonds. The van der Waals surface area contributed by atoms with Gasteiger partial charge in [-0.15, -0.1) is 0 Å². The van der Waals surface area contributed by atoms with Gasteiger partial charge in [-0.1, -0.05) is 6.92 Å². The van der Waals surface area contributed by atoms with Crippen LogP contribution in [-0.2, 0) is 9.59 Å². The van der Waals surface area contributed by atoms with E-state index in [9.17, 15) is 9.59 Å². The quantitative estimate of drug-likeness (QED) is 0.744. The Balaban J connectivity index is 1.81. The Kier molecular flexibility index (Phi) is 7.25. The minimum Gasteiger partial charge on any atom is -0.348 e. The van der Waals surface area contributed by atoms with Crippen LogP contribution < -0.4 is 0 Å². The molecule has 2 atom stereocenters. The molecule has 0 bridgehead atoms. The van der Waals surface area contributed by atoms with Gasteiger partial charge in [0, 0.05) is 65.3 Å². The van der Waals surface area contributed by atoms with Gasteiger partial charge in [0.1, 0.15) is 0 Å². The van der Waals surface area contributed by atoms with Gasteiger partial charge >= 0.3 is 0 Å². The molecule has 6 nitrogen and oxygen atoms in total. The third-order valence-corrected chi connectivity index (χ3v) is 5.84. The fourth-order valence-electron chi connectivity index (χ4n) is 3.98. The van der Waals surface area contributed by atoms with Crippen LogP contribution in [0.5, 0.6) is 0 Å². The molecule has 0 aliphatic carbocycles.